The van der Waals surface area contributed by atoms with Gasteiger partial charge in [-0.15, -0.1) is 11.3 Å². The fourth-order valence-corrected chi connectivity index (χ4v) is 8.73. The van der Waals surface area contributed by atoms with Crippen molar-refractivity contribution in [3.05, 3.63) is 164 Å². The van der Waals surface area contributed by atoms with Crippen LogP contribution in [0.25, 0.3) is 109 Å². The van der Waals surface area contributed by atoms with E-state index in [2.05, 4.69) is 152 Å². The van der Waals surface area contributed by atoms with Crippen molar-refractivity contribution in [1.29, 1.82) is 0 Å². The zero-order valence-corrected chi connectivity index (χ0v) is 28.6. The average molecular weight is 682 g/mol. The Balaban J connectivity index is 1.10. The molecule has 3 heterocycles. The summed E-state index contributed by atoms with van der Waals surface area (Å²) >= 11 is 1.84. The Bertz CT molecular complexity index is 3190. The predicted octanol–water partition coefficient (Wildman–Crippen LogP) is 13.1. The summed E-state index contributed by atoms with van der Waals surface area (Å²) in [5.41, 5.74) is 6.79. The van der Waals surface area contributed by atoms with Crippen molar-refractivity contribution in [2.24, 2.45) is 0 Å². The smallest absolute Gasteiger partial charge is 0.164 e. The lowest BCUT2D eigenvalue weighted by atomic mass is 9.98. The average Bonchev–Trinajstić information content (AvgIpc) is 3.77. The van der Waals surface area contributed by atoms with E-state index < -0.39 is 0 Å². The summed E-state index contributed by atoms with van der Waals surface area (Å²) < 4.78 is 9.03. The van der Waals surface area contributed by atoms with Crippen LogP contribution in [0.4, 0.5) is 0 Å². The summed E-state index contributed by atoms with van der Waals surface area (Å²) in [5.74, 6) is 1.85. The van der Waals surface area contributed by atoms with Gasteiger partial charge in [0, 0.05) is 47.6 Å². The number of hydrogen-bond donors (Lipinski definition) is 0. The highest BCUT2D eigenvalue weighted by molar-refractivity contribution is 7.25. The van der Waals surface area contributed by atoms with Crippen molar-refractivity contribution >= 4 is 75.0 Å². The maximum atomic E-state index is 6.44. The summed E-state index contributed by atoms with van der Waals surface area (Å²) in [4.78, 5) is 15.5. The molecule has 0 unspecified atom stereocenters. The minimum Gasteiger partial charge on any atom is -0.456 e. The molecule has 0 aliphatic rings. The standard InChI is InChI=1S/C47H27N3OS/c1-2-10-31-25-34(24-19-28(31)9-1)46-48-45(30-22-20-29(21-23-30)35-14-8-18-42-44(35)36-13-5-6-17-41(36)52-42)49-47(50-46)37-15-7-16-39-43(37)38-26-32-11-3-4-12-33(32)27-40(38)51-39/h1-27H. The highest BCUT2D eigenvalue weighted by Crippen LogP contribution is 2.41. The quantitative estimate of drug-likeness (QED) is 0.185. The lowest BCUT2D eigenvalue weighted by molar-refractivity contribution is 0.669. The molecule has 0 fully saturated rings. The number of fused-ring (bicyclic) bond motifs is 8. The summed E-state index contributed by atoms with van der Waals surface area (Å²) in [6.07, 6.45) is 0. The summed E-state index contributed by atoms with van der Waals surface area (Å²) in [6, 6.07) is 57.5. The molecule has 5 heteroatoms. The first-order chi connectivity index (χ1) is 25.7. The van der Waals surface area contributed by atoms with Gasteiger partial charge in [0.2, 0.25) is 0 Å². The van der Waals surface area contributed by atoms with E-state index in [1.54, 1.807) is 0 Å². The Kier molecular flexibility index (Phi) is 6.39. The Hall–Kier alpha value is -6.69. The van der Waals surface area contributed by atoms with Crippen LogP contribution in [0, 0.1) is 0 Å². The van der Waals surface area contributed by atoms with Crippen molar-refractivity contribution in [2.45, 2.75) is 0 Å². The fourth-order valence-electron chi connectivity index (χ4n) is 7.60. The molecule has 4 nitrogen and oxygen atoms in total. The van der Waals surface area contributed by atoms with Crippen LogP contribution in [0.15, 0.2) is 168 Å². The molecule has 0 N–H and O–H groups in total. The topological polar surface area (TPSA) is 51.8 Å². The van der Waals surface area contributed by atoms with E-state index in [0.717, 1.165) is 60.4 Å². The van der Waals surface area contributed by atoms with Gasteiger partial charge in [0.1, 0.15) is 11.2 Å². The molecule has 0 atom stereocenters. The lowest BCUT2D eigenvalue weighted by Gasteiger charge is -2.11. The highest BCUT2D eigenvalue weighted by atomic mass is 32.1. The second kappa shape index (κ2) is 11.4. The van der Waals surface area contributed by atoms with Crippen LogP contribution in [0.3, 0.4) is 0 Å². The molecule has 0 aliphatic heterocycles. The molecule has 0 radical (unpaired) electrons. The number of benzene rings is 8. The van der Waals surface area contributed by atoms with Crippen molar-refractivity contribution in [3.8, 4) is 45.3 Å². The van der Waals surface area contributed by atoms with Gasteiger partial charge in [-0.25, -0.2) is 15.0 Å². The van der Waals surface area contributed by atoms with Gasteiger partial charge in [-0.1, -0.05) is 127 Å². The molecule has 52 heavy (non-hydrogen) atoms. The molecule has 0 saturated carbocycles. The molecule has 8 aromatic carbocycles. The largest absolute Gasteiger partial charge is 0.456 e. The zero-order valence-electron chi connectivity index (χ0n) is 27.7. The highest BCUT2D eigenvalue weighted by Gasteiger charge is 2.19. The molecule has 11 aromatic rings. The van der Waals surface area contributed by atoms with E-state index in [-0.39, 0.29) is 0 Å². The van der Waals surface area contributed by atoms with Gasteiger partial charge in [0.25, 0.3) is 0 Å². The Morgan fingerprint density at radius 3 is 1.83 bits per heavy atom. The van der Waals surface area contributed by atoms with Crippen molar-refractivity contribution in [2.75, 3.05) is 0 Å². The van der Waals surface area contributed by atoms with Gasteiger partial charge in [0.05, 0.1) is 0 Å². The Labute approximate surface area is 302 Å². The molecule has 0 bridgehead atoms. The molecule has 0 spiro atoms. The van der Waals surface area contributed by atoms with Gasteiger partial charge >= 0.3 is 0 Å². The van der Waals surface area contributed by atoms with E-state index in [1.165, 1.54) is 31.1 Å². The number of aromatic nitrogens is 3. The normalized spacial score (nSPS) is 11.8. The van der Waals surface area contributed by atoms with Crippen LogP contribution in [0.2, 0.25) is 0 Å². The van der Waals surface area contributed by atoms with Crippen LogP contribution < -0.4 is 0 Å². The molecular weight excluding hydrogens is 655 g/mol. The number of rotatable bonds is 4. The molecule has 0 amide bonds. The SMILES string of the molecule is c1ccc2cc(-c3nc(-c4ccc(-c5cccc6sc7ccccc7c56)cc4)nc(-c4cccc5oc6cc7ccccc7cc6c45)n3)ccc2c1. The van der Waals surface area contributed by atoms with Crippen LogP contribution in [0.5, 0.6) is 0 Å². The minimum absolute atomic E-state index is 0.605. The van der Waals surface area contributed by atoms with Crippen LogP contribution >= 0.6 is 11.3 Å². The number of furan rings is 1. The molecule has 0 aliphatic carbocycles. The Morgan fingerprint density at radius 2 is 0.981 bits per heavy atom. The van der Waals surface area contributed by atoms with Gasteiger partial charge in [-0.3, -0.25) is 0 Å². The van der Waals surface area contributed by atoms with Crippen LogP contribution in [-0.2, 0) is 0 Å². The van der Waals surface area contributed by atoms with E-state index in [0.29, 0.717) is 17.5 Å². The first kappa shape index (κ1) is 29.1. The van der Waals surface area contributed by atoms with Gasteiger partial charge in [0.15, 0.2) is 17.5 Å². The summed E-state index contributed by atoms with van der Waals surface area (Å²) in [6.45, 7) is 0. The molecular formula is C47H27N3OS. The lowest BCUT2D eigenvalue weighted by Crippen LogP contribution is -2.00. The third-order valence-electron chi connectivity index (χ3n) is 10.1. The Morgan fingerprint density at radius 1 is 0.365 bits per heavy atom. The number of thiophene rings is 1. The van der Waals surface area contributed by atoms with E-state index in [4.69, 9.17) is 19.4 Å². The zero-order chi connectivity index (χ0) is 34.2. The van der Waals surface area contributed by atoms with Gasteiger partial charge < -0.3 is 4.42 Å². The number of hydrogen-bond acceptors (Lipinski definition) is 5. The van der Waals surface area contributed by atoms with Crippen LogP contribution in [0.1, 0.15) is 0 Å². The van der Waals surface area contributed by atoms with E-state index in [1.807, 2.05) is 23.5 Å². The molecule has 11 rings (SSSR count). The number of nitrogens with zero attached hydrogens (tertiary/aromatic N) is 3. The van der Waals surface area contributed by atoms with E-state index >= 15 is 0 Å². The second-order valence-electron chi connectivity index (χ2n) is 13.2. The molecule has 0 saturated heterocycles. The third-order valence-corrected chi connectivity index (χ3v) is 11.2. The van der Waals surface area contributed by atoms with Gasteiger partial charge in [-0.2, -0.15) is 0 Å². The first-order valence-corrected chi connectivity index (χ1v) is 18.2. The summed E-state index contributed by atoms with van der Waals surface area (Å²) in [5, 5.41) is 9.23. The molecule has 242 valence electrons. The monoisotopic (exact) mass is 681 g/mol. The predicted molar refractivity (Wildman–Crippen MR) is 217 cm³/mol. The first-order valence-electron chi connectivity index (χ1n) is 17.3. The fraction of sp³-hybridized carbons (Fsp3) is 0. The summed E-state index contributed by atoms with van der Waals surface area (Å²) in [7, 11) is 0. The third kappa shape index (κ3) is 4.64. The van der Waals surface area contributed by atoms with Gasteiger partial charge in [-0.05, 0) is 69.1 Å². The minimum atomic E-state index is 0.605. The van der Waals surface area contributed by atoms with Crippen LogP contribution in [-0.4, -0.2) is 15.0 Å². The van der Waals surface area contributed by atoms with Crippen molar-refractivity contribution in [1.82, 2.24) is 15.0 Å². The maximum absolute atomic E-state index is 6.44. The van der Waals surface area contributed by atoms with E-state index in [9.17, 15) is 0 Å². The van der Waals surface area contributed by atoms with Crippen molar-refractivity contribution < 1.29 is 4.42 Å². The molecule has 3 aromatic heterocycles. The maximum Gasteiger partial charge on any atom is 0.164 e. The van der Waals surface area contributed by atoms with Crippen molar-refractivity contribution in [3.63, 3.8) is 0 Å². The second-order valence-corrected chi connectivity index (χ2v) is 14.3.